The number of nitrogens with zero attached hydrogens (tertiary/aromatic N) is 1. The van der Waals surface area contributed by atoms with Gasteiger partial charge in [0.1, 0.15) is 5.76 Å². The van der Waals surface area contributed by atoms with E-state index in [4.69, 9.17) is 9.47 Å². The molecule has 1 heterocycles. The first-order chi connectivity index (χ1) is 12.0. The van der Waals surface area contributed by atoms with Crippen molar-refractivity contribution >= 4 is 23.4 Å². The van der Waals surface area contributed by atoms with Crippen molar-refractivity contribution in [3.05, 3.63) is 58.7 Å². The van der Waals surface area contributed by atoms with E-state index >= 15 is 0 Å². The number of ketones is 1. The lowest BCUT2D eigenvalue weighted by molar-refractivity contribution is -0.113. The Bertz CT molecular complexity index is 897. The molecule has 2 aromatic rings. The van der Waals surface area contributed by atoms with Gasteiger partial charge in [-0.3, -0.25) is 9.79 Å². The number of Topliss-reactive ketones (excluding diaryl/α,β-unsaturated/α-hetero) is 1. The molecule has 0 fully saturated rings. The molecule has 0 saturated heterocycles. The van der Waals surface area contributed by atoms with Crippen LogP contribution in [-0.4, -0.2) is 23.9 Å². The SMILES string of the molecule is CC(=O)C(C=Nc1ccc2c(c1)OCO2)=C(O)c1ccc(C)c(C)c1. The van der Waals surface area contributed by atoms with Crippen molar-refractivity contribution in [2.24, 2.45) is 4.99 Å². The van der Waals surface area contributed by atoms with Crippen LogP contribution in [0, 0.1) is 13.8 Å². The van der Waals surface area contributed by atoms with Gasteiger partial charge in [0.25, 0.3) is 0 Å². The molecular formula is C20H19NO4. The van der Waals surface area contributed by atoms with E-state index in [9.17, 15) is 9.90 Å². The number of hydrogen-bond donors (Lipinski definition) is 1. The van der Waals surface area contributed by atoms with E-state index in [1.165, 1.54) is 13.1 Å². The van der Waals surface area contributed by atoms with E-state index in [1.807, 2.05) is 26.0 Å². The molecule has 1 N–H and O–H groups in total. The minimum Gasteiger partial charge on any atom is -0.507 e. The molecule has 5 nitrogen and oxygen atoms in total. The Kier molecular flexibility index (Phi) is 4.57. The minimum absolute atomic E-state index is 0.0832. The van der Waals surface area contributed by atoms with Crippen molar-refractivity contribution in [1.82, 2.24) is 0 Å². The summed E-state index contributed by atoms with van der Waals surface area (Å²) in [6.07, 6.45) is 1.38. The largest absolute Gasteiger partial charge is 0.507 e. The van der Waals surface area contributed by atoms with Crippen LogP contribution in [0.2, 0.25) is 0 Å². The fourth-order valence-electron chi connectivity index (χ4n) is 2.47. The molecule has 1 aliphatic rings. The molecule has 0 spiro atoms. The number of allylic oxidation sites excluding steroid dienone is 1. The number of aliphatic hydroxyl groups excluding tert-OH is 1. The number of rotatable bonds is 4. The zero-order chi connectivity index (χ0) is 18.0. The Balaban J connectivity index is 1.95. The molecule has 0 amide bonds. The highest BCUT2D eigenvalue weighted by Crippen LogP contribution is 2.35. The number of aliphatic hydroxyl groups is 1. The van der Waals surface area contributed by atoms with Crippen molar-refractivity contribution in [2.45, 2.75) is 20.8 Å². The van der Waals surface area contributed by atoms with Gasteiger partial charge in [0.05, 0.1) is 11.3 Å². The molecule has 5 heteroatoms. The lowest BCUT2D eigenvalue weighted by Gasteiger charge is -2.07. The fraction of sp³-hybridized carbons (Fsp3) is 0.200. The number of aryl methyl sites for hydroxylation is 2. The molecule has 1 aliphatic heterocycles. The van der Waals surface area contributed by atoms with Gasteiger partial charge in [-0.2, -0.15) is 0 Å². The lowest BCUT2D eigenvalue weighted by Crippen LogP contribution is -2.03. The van der Waals surface area contributed by atoms with Gasteiger partial charge in [-0.15, -0.1) is 0 Å². The molecule has 0 atom stereocenters. The van der Waals surface area contributed by atoms with Crippen LogP contribution in [-0.2, 0) is 4.79 Å². The first-order valence-corrected chi connectivity index (χ1v) is 7.91. The molecule has 0 aliphatic carbocycles. The zero-order valence-electron chi connectivity index (χ0n) is 14.4. The predicted molar refractivity (Wildman–Crippen MR) is 96.9 cm³/mol. The second-order valence-electron chi connectivity index (χ2n) is 5.91. The van der Waals surface area contributed by atoms with Crippen LogP contribution in [0.3, 0.4) is 0 Å². The maximum Gasteiger partial charge on any atom is 0.231 e. The maximum atomic E-state index is 12.0. The zero-order valence-corrected chi connectivity index (χ0v) is 14.4. The third-order valence-electron chi connectivity index (χ3n) is 4.11. The van der Waals surface area contributed by atoms with Gasteiger partial charge in [0.15, 0.2) is 17.3 Å². The maximum absolute atomic E-state index is 12.0. The van der Waals surface area contributed by atoms with Gasteiger partial charge >= 0.3 is 0 Å². The first-order valence-electron chi connectivity index (χ1n) is 7.91. The smallest absolute Gasteiger partial charge is 0.231 e. The third kappa shape index (κ3) is 3.55. The van der Waals surface area contributed by atoms with E-state index in [-0.39, 0.29) is 23.9 Å². The Hall–Kier alpha value is -3.08. The summed E-state index contributed by atoms with van der Waals surface area (Å²) in [6.45, 7) is 5.54. The van der Waals surface area contributed by atoms with Gasteiger partial charge in [-0.05, 0) is 50.1 Å². The van der Waals surface area contributed by atoms with Crippen LogP contribution in [0.25, 0.3) is 5.76 Å². The number of fused-ring (bicyclic) bond motifs is 1. The summed E-state index contributed by atoms with van der Waals surface area (Å²) in [6, 6.07) is 10.8. The van der Waals surface area contributed by atoms with Crippen LogP contribution in [0.4, 0.5) is 5.69 Å². The molecule has 128 valence electrons. The Morgan fingerprint density at radius 2 is 1.84 bits per heavy atom. The van der Waals surface area contributed by atoms with Crippen LogP contribution in [0.5, 0.6) is 11.5 Å². The highest BCUT2D eigenvalue weighted by molar-refractivity contribution is 6.17. The molecule has 25 heavy (non-hydrogen) atoms. The van der Waals surface area contributed by atoms with Crippen LogP contribution in [0.15, 0.2) is 47.0 Å². The summed E-state index contributed by atoms with van der Waals surface area (Å²) >= 11 is 0. The van der Waals surface area contributed by atoms with Crippen molar-refractivity contribution in [3.63, 3.8) is 0 Å². The Morgan fingerprint density at radius 1 is 1.08 bits per heavy atom. The Labute approximate surface area is 146 Å². The summed E-state index contributed by atoms with van der Waals surface area (Å²) in [4.78, 5) is 16.3. The average Bonchev–Trinajstić information content (AvgIpc) is 3.04. The van der Waals surface area contributed by atoms with Gasteiger partial charge in [-0.25, -0.2) is 0 Å². The van der Waals surface area contributed by atoms with Gasteiger partial charge in [0.2, 0.25) is 6.79 Å². The number of hydrogen-bond acceptors (Lipinski definition) is 5. The van der Waals surface area contributed by atoms with E-state index in [2.05, 4.69) is 4.99 Å². The monoisotopic (exact) mass is 337 g/mol. The van der Waals surface area contributed by atoms with E-state index in [0.29, 0.717) is 22.7 Å². The summed E-state index contributed by atoms with van der Waals surface area (Å²) in [5, 5.41) is 10.5. The average molecular weight is 337 g/mol. The van der Waals surface area contributed by atoms with E-state index < -0.39 is 0 Å². The molecular weight excluding hydrogens is 318 g/mol. The number of carbonyl (C=O) groups excluding carboxylic acids is 1. The number of benzene rings is 2. The molecule has 0 bridgehead atoms. The summed E-state index contributed by atoms with van der Waals surface area (Å²) < 4.78 is 10.6. The fourth-order valence-corrected chi connectivity index (χ4v) is 2.47. The second-order valence-corrected chi connectivity index (χ2v) is 5.91. The summed E-state index contributed by atoms with van der Waals surface area (Å²) in [5.74, 6) is 0.931. The highest BCUT2D eigenvalue weighted by Gasteiger charge is 2.14. The van der Waals surface area contributed by atoms with E-state index in [0.717, 1.165) is 11.1 Å². The number of ether oxygens (including phenoxy) is 2. The highest BCUT2D eigenvalue weighted by atomic mass is 16.7. The Morgan fingerprint density at radius 3 is 2.56 bits per heavy atom. The van der Waals surface area contributed by atoms with Crippen molar-refractivity contribution in [3.8, 4) is 11.5 Å². The van der Waals surface area contributed by atoms with Crippen molar-refractivity contribution in [1.29, 1.82) is 0 Å². The van der Waals surface area contributed by atoms with Gasteiger partial charge in [0, 0.05) is 17.8 Å². The molecule has 0 radical (unpaired) electrons. The standard InChI is InChI=1S/C20H19NO4/c1-12-4-5-15(8-13(12)2)20(23)17(14(3)22)10-21-16-6-7-18-19(9-16)25-11-24-18/h4-10,23H,11H2,1-3H3. The first kappa shape index (κ1) is 16.8. The van der Waals surface area contributed by atoms with Crippen molar-refractivity contribution in [2.75, 3.05) is 6.79 Å². The lowest BCUT2D eigenvalue weighted by atomic mass is 10.0. The quantitative estimate of drug-likeness (QED) is 0.513. The van der Waals surface area contributed by atoms with Crippen molar-refractivity contribution < 1.29 is 19.4 Å². The third-order valence-corrected chi connectivity index (χ3v) is 4.11. The minimum atomic E-state index is -0.264. The summed E-state index contributed by atoms with van der Waals surface area (Å²) in [7, 11) is 0. The molecule has 0 aromatic heterocycles. The van der Waals surface area contributed by atoms with Crippen LogP contribution >= 0.6 is 0 Å². The molecule has 2 aromatic carbocycles. The van der Waals surface area contributed by atoms with Gasteiger partial charge < -0.3 is 14.6 Å². The topological polar surface area (TPSA) is 68.1 Å². The molecule has 0 unspecified atom stereocenters. The van der Waals surface area contributed by atoms with E-state index in [1.54, 1.807) is 24.3 Å². The molecule has 0 saturated carbocycles. The summed E-state index contributed by atoms with van der Waals surface area (Å²) in [5.41, 5.74) is 3.51. The van der Waals surface area contributed by atoms with Gasteiger partial charge in [-0.1, -0.05) is 12.1 Å². The predicted octanol–water partition coefficient (Wildman–Crippen LogP) is 4.29. The normalized spacial score (nSPS) is 13.9. The number of carbonyl (C=O) groups is 1. The van der Waals surface area contributed by atoms with Crippen LogP contribution in [0.1, 0.15) is 23.6 Å². The number of aliphatic imine (C=N–C) groups is 1. The second kappa shape index (κ2) is 6.81. The molecule has 3 rings (SSSR count). The van der Waals surface area contributed by atoms with Crippen LogP contribution < -0.4 is 9.47 Å².